The summed E-state index contributed by atoms with van der Waals surface area (Å²) in [4.78, 5) is 11.8. The van der Waals surface area contributed by atoms with Crippen molar-refractivity contribution in [2.75, 3.05) is 6.61 Å². The van der Waals surface area contributed by atoms with E-state index in [-0.39, 0.29) is 12.5 Å². The minimum absolute atomic E-state index is 0.0384. The molecule has 4 heteroatoms. The van der Waals surface area contributed by atoms with Gasteiger partial charge in [-0.05, 0) is 28.7 Å². The lowest BCUT2D eigenvalue weighted by Gasteiger charge is -2.16. The second-order valence-corrected chi connectivity index (χ2v) is 5.77. The number of hydrogen-bond donors (Lipinski definition) is 2. The van der Waals surface area contributed by atoms with Gasteiger partial charge < -0.3 is 9.84 Å². The van der Waals surface area contributed by atoms with Gasteiger partial charge in [-0.2, -0.15) is 0 Å². The molecule has 0 saturated carbocycles. The zero-order valence-corrected chi connectivity index (χ0v) is 13.2. The van der Waals surface area contributed by atoms with Crippen LogP contribution in [0.5, 0.6) is 0 Å². The van der Waals surface area contributed by atoms with Gasteiger partial charge in [0.1, 0.15) is 12.8 Å². The molecule has 120 valence electrons. The van der Waals surface area contributed by atoms with Gasteiger partial charge >= 0.3 is 6.09 Å². The molecule has 0 saturated heterocycles. The summed E-state index contributed by atoms with van der Waals surface area (Å²) >= 11 is 0. The summed E-state index contributed by atoms with van der Waals surface area (Å²) < 4.78 is 5.35. The molecule has 1 aliphatic rings. The lowest BCUT2D eigenvalue weighted by atomic mass is 9.98. The van der Waals surface area contributed by atoms with Crippen LogP contribution in [0.4, 0.5) is 4.79 Å². The van der Waals surface area contributed by atoms with Gasteiger partial charge in [-0.3, -0.25) is 5.32 Å². The van der Waals surface area contributed by atoms with E-state index in [2.05, 4.69) is 29.6 Å². The highest BCUT2D eigenvalue weighted by molar-refractivity contribution is 5.79. The Morgan fingerprint density at radius 2 is 1.70 bits per heavy atom. The molecule has 1 atom stereocenters. The van der Waals surface area contributed by atoms with E-state index < -0.39 is 12.3 Å². The molecule has 2 N–H and O–H groups in total. The van der Waals surface area contributed by atoms with E-state index in [4.69, 9.17) is 4.74 Å². The zero-order chi connectivity index (χ0) is 16.2. The molecular weight excluding hydrogens is 290 g/mol. The smallest absolute Gasteiger partial charge is 0.409 e. The molecule has 3 rings (SSSR count). The van der Waals surface area contributed by atoms with E-state index in [0.29, 0.717) is 6.42 Å². The van der Waals surface area contributed by atoms with Crippen LogP contribution in [0, 0.1) is 0 Å². The van der Waals surface area contributed by atoms with Gasteiger partial charge in [0.25, 0.3) is 0 Å². The van der Waals surface area contributed by atoms with Crippen molar-refractivity contribution in [2.24, 2.45) is 0 Å². The molecule has 1 amide bonds. The first kappa shape index (κ1) is 15.6. The van der Waals surface area contributed by atoms with Crippen molar-refractivity contribution < 1.29 is 14.6 Å². The van der Waals surface area contributed by atoms with Crippen LogP contribution in [-0.2, 0) is 4.74 Å². The number of rotatable bonds is 5. The minimum Gasteiger partial charge on any atom is -0.448 e. The van der Waals surface area contributed by atoms with Crippen molar-refractivity contribution in [3.05, 3.63) is 59.7 Å². The second-order valence-electron chi connectivity index (χ2n) is 5.77. The molecule has 0 aliphatic heterocycles. The summed E-state index contributed by atoms with van der Waals surface area (Å²) in [6.45, 7) is 2.21. The number of nitrogens with one attached hydrogen (secondary N) is 1. The molecule has 0 aromatic heterocycles. The van der Waals surface area contributed by atoms with E-state index in [1.54, 1.807) is 0 Å². The van der Waals surface area contributed by atoms with Crippen molar-refractivity contribution in [1.82, 2.24) is 5.32 Å². The maximum Gasteiger partial charge on any atom is 0.409 e. The Hall–Kier alpha value is -2.33. The number of ether oxygens (including phenoxy) is 1. The predicted octanol–water partition coefficient (Wildman–Crippen LogP) is 3.64. The van der Waals surface area contributed by atoms with E-state index in [1.807, 2.05) is 31.2 Å². The summed E-state index contributed by atoms with van der Waals surface area (Å²) in [6.07, 6.45) is -0.113. The third kappa shape index (κ3) is 3.22. The van der Waals surface area contributed by atoms with E-state index in [1.165, 1.54) is 22.3 Å². The van der Waals surface area contributed by atoms with E-state index in [9.17, 15) is 9.90 Å². The number of carbonyl (C=O) groups excluding carboxylic acids is 1. The highest BCUT2D eigenvalue weighted by Gasteiger charge is 2.29. The van der Waals surface area contributed by atoms with E-state index in [0.717, 1.165) is 6.42 Å². The number of aliphatic hydroxyl groups is 1. The maximum absolute atomic E-state index is 11.8. The van der Waals surface area contributed by atoms with Crippen molar-refractivity contribution >= 4 is 6.09 Å². The lowest BCUT2D eigenvalue weighted by Crippen LogP contribution is -2.35. The Balaban J connectivity index is 1.72. The van der Waals surface area contributed by atoms with Gasteiger partial charge in [-0.1, -0.05) is 61.9 Å². The maximum atomic E-state index is 11.8. The number of benzene rings is 2. The average Bonchev–Trinajstić information content (AvgIpc) is 2.87. The van der Waals surface area contributed by atoms with Gasteiger partial charge in [-0.25, -0.2) is 4.79 Å². The molecule has 0 radical (unpaired) electrons. The molecule has 0 fully saturated rings. The number of hydrogen-bond acceptors (Lipinski definition) is 3. The number of fused-ring (bicyclic) bond motifs is 3. The van der Waals surface area contributed by atoms with Gasteiger partial charge in [-0.15, -0.1) is 0 Å². The van der Waals surface area contributed by atoms with E-state index >= 15 is 0 Å². The standard InChI is InChI=1S/C19H21NO3/c1-2-7-18(21)20-19(22)23-12-17-15-10-5-3-8-13(15)14-9-4-6-11-16(14)17/h3-6,8-11,17-18,21H,2,7,12H2,1H3,(H,20,22). The van der Waals surface area contributed by atoms with Crippen LogP contribution < -0.4 is 5.32 Å². The Labute approximate surface area is 136 Å². The average molecular weight is 311 g/mol. The molecule has 2 aromatic carbocycles. The van der Waals surface area contributed by atoms with Gasteiger partial charge in [0, 0.05) is 5.92 Å². The fraction of sp³-hybridized carbons (Fsp3) is 0.316. The monoisotopic (exact) mass is 311 g/mol. The van der Waals surface area contributed by atoms with Crippen molar-refractivity contribution in [1.29, 1.82) is 0 Å². The zero-order valence-electron chi connectivity index (χ0n) is 13.2. The summed E-state index contributed by atoms with van der Waals surface area (Å²) in [6, 6.07) is 16.4. The highest BCUT2D eigenvalue weighted by atomic mass is 16.6. The van der Waals surface area contributed by atoms with Gasteiger partial charge in [0.05, 0.1) is 0 Å². The Morgan fingerprint density at radius 3 is 2.26 bits per heavy atom. The summed E-state index contributed by atoms with van der Waals surface area (Å²) in [5.74, 6) is 0.0384. The molecule has 4 nitrogen and oxygen atoms in total. The summed E-state index contributed by atoms with van der Waals surface area (Å²) in [5, 5.41) is 12.1. The third-order valence-electron chi connectivity index (χ3n) is 4.19. The molecule has 0 bridgehead atoms. The Kier molecular flexibility index (Phi) is 4.63. The topological polar surface area (TPSA) is 58.6 Å². The number of carbonyl (C=O) groups is 1. The van der Waals surface area contributed by atoms with Crippen molar-refractivity contribution in [2.45, 2.75) is 31.9 Å². The van der Waals surface area contributed by atoms with Crippen LogP contribution in [0.25, 0.3) is 11.1 Å². The fourth-order valence-corrected chi connectivity index (χ4v) is 3.12. The van der Waals surface area contributed by atoms with Crippen LogP contribution in [0.3, 0.4) is 0 Å². The fourth-order valence-electron chi connectivity index (χ4n) is 3.12. The van der Waals surface area contributed by atoms with Gasteiger partial charge in [0.15, 0.2) is 0 Å². The normalized spacial score (nSPS) is 14.0. The van der Waals surface area contributed by atoms with Crippen LogP contribution in [0.15, 0.2) is 48.5 Å². The first-order chi connectivity index (χ1) is 11.2. The molecular formula is C19H21NO3. The molecule has 1 aliphatic carbocycles. The second kappa shape index (κ2) is 6.84. The van der Waals surface area contributed by atoms with Crippen LogP contribution >= 0.6 is 0 Å². The van der Waals surface area contributed by atoms with Crippen molar-refractivity contribution in [3.63, 3.8) is 0 Å². The number of aliphatic hydroxyl groups excluding tert-OH is 1. The molecule has 2 aromatic rings. The third-order valence-corrected chi connectivity index (χ3v) is 4.19. The van der Waals surface area contributed by atoms with Gasteiger partial charge in [0.2, 0.25) is 0 Å². The largest absolute Gasteiger partial charge is 0.448 e. The SMILES string of the molecule is CCCC(O)NC(=O)OCC1c2ccccc2-c2ccccc21. The first-order valence-corrected chi connectivity index (χ1v) is 8.00. The summed E-state index contributed by atoms with van der Waals surface area (Å²) in [5.41, 5.74) is 4.75. The quantitative estimate of drug-likeness (QED) is 0.829. The minimum atomic E-state index is -0.851. The first-order valence-electron chi connectivity index (χ1n) is 8.00. The summed E-state index contributed by atoms with van der Waals surface area (Å²) in [7, 11) is 0. The van der Waals surface area contributed by atoms with Crippen LogP contribution in [0.1, 0.15) is 36.8 Å². The number of amides is 1. The molecule has 0 spiro atoms. The van der Waals surface area contributed by atoms with Crippen LogP contribution in [0.2, 0.25) is 0 Å². The lowest BCUT2D eigenvalue weighted by molar-refractivity contribution is 0.0923. The van der Waals surface area contributed by atoms with Crippen LogP contribution in [-0.4, -0.2) is 24.0 Å². The predicted molar refractivity (Wildman–Crippen MR) is 89.1 cm³/mol. The molecule has 23 heavy (non-hydrogen) atoms. The number of alkyl carbamates (subject to hydrolysis) is 1. The van der Waals surface area contributed by atoms with Crippen molar-refractivity contribution in [3.8, 4) is 11.1 Å². The molecule has 0 heterocycles. The Bertz CT molecular complexity index is 653. The molecule has 1 unspecified atom stereocenters. The highest BCUT2D eigenvalue weighted by Crippen LogP contribution is 2.44. The Morgan fingerprint density at radius 1 is 1.13 bits per heavy atom.